The number of aliphatic hydroxyl groups is 5. The maximum absolute atomic E-state index is 13.5. The zero-order valence-electron chi connectivity index (χ0n) is 53.8. The summed E-state index contributed by atoms with van der Waals surface area (Å²) in [4.78, 5) is 26.7. The van der Waals surface area contributed by atoms with Crippen molar-refractivity contribution in [3.05, 3.63) is 60.8 Å². The van der Waals surface area contributed by atoms with E-state index < -0.39 is 67.4 Å². The minimum Gasteiger partial charge on any atom is -0.454 e. The molecule has 6 N–H and O–H groups in total. The molecule has 1 rings (SSSR count). The fraction of sp³-hybridized carbons (Fsp3) is 0.833. The Morgan fingerprint density at radius 3 is 1.28 bits per heavy atom. The Kier molecular flexibility index (Phi) is 56.4. The van der Waals surface area contributed by atoms with Crippen LogP contribution in [0.15, 0.2) is 60.8 Å². The molecule has 0 aromatic heterocycles. The van der Waals surface area contributed by atoms with Crippen molar-refractivity contribution < 1.29 is 49.3 Å². The van der Waals surface area contributed by atoms with Crippen molar-refractivity contribution in [1.82, 2.24) is 5.32 Å². The Labute approximate surface area is 509 Å². The largest absolute Gasteiger partial charge is 0.454 e. The molecule has 1 heterocycles. The van der Waals surface area contributed by atoms with Gasteiger partial charge in [0.15, 0.2) is 12.4 Å². The summed E-state index contributed by atoms with van der Waals surface area (Å²) in [7, 11) is 0. The highest BCUT2D eigenvalue weighted by molar-refractivity contribution is 5.80. The summed E-state index contributed by atoms with van der Waals surface area (Å²) in [6.45, 7) is 5.79. The van der Waals surface area contributed by atoms with E-state index in [1.165, 1.54) is 186 Å². The maximum atomic E-state index is 13.5. The zero-order valence-corrected chi connectivity index (χ0v) is 53.8. The summed E-state index contributed by atoms with van der Waals surface area (Å²) in [5.41, 5.74) is 0. The predicted octanol–water partition coefficient (Wildman–Crippen LogP) is 17.7. The third-order valence-electron chi connectivity index (χ3n) is 16.4. The van der Waals surface area contributed by atoms with E-state index in [1.54, 1.807) is 6.08 Å². The van der Waals surface area contributed by atoms with Crippen LogP contribution in [0.4, 0.5) is 0 Å². The van der Waals surface area contributed by atoms with Crippen molar-refractivity contribution in [1.29, 1.82) is 0 Å². The number of ether oxygens (including phenoxy) is 3. The first-order valence-electron chi connectivity index (χ1n) is 35.1. The number of allylic oxidation sites excluding steroid dienone is 9. The minimum atomic E-state index is -1.62. The van der Waals surface area contributed by atoms with Gasteiger partial charge in [0.2, 0.25) is 5.91 Å². The summed E-state index contributed by atoms with van der Waals surface area (Å²) < 4.78 is 17.7. The molecule has 484 valence electrons. The molecular weight excluding hydrogens is 1040 g/mol. The average Bonchev–Trinajstić information content (AvgIpc) is 3.67. The van der Waals surface area contributed by atoms with Crippen LogP contribution in [-0.2, 0) is 23.8 Å². The van der Waals surface area contributed by atoms with Crippen LogP contribution < -0.4 is 5.32 Å². The molecule has 0 aromatic rings. The minimum absolute atomic E-state index is 0.119. The van der Waals surface area contributed by atoms with Gasteiger partial charge in [-0.3, -0.25) is 9.59 Å². The summed E-state index contributed by atoms with van der Waals surface area (Å²) in [6, 6.07) is -1.03. The lowest BCUT2D eigenvalue weighted by Gasteiger charge is -2.41. The van der Waals surface area contributed by atoms with Crippen molar-refractivity contribution in [2.75, 3.05) is 13.2 Å². The second kappa shape index (κ2) is 59.7. The summed E-state index contributed by atoms with van der Waals surface area (Å²) in [6.07, 6.45) is 65.4. The molecule has 11 nitrogen and oxygen atoms in total. The fourth-order valence-electron chi connectivity index (χ4n) is 10.8. The monoisotopic (exact) mass is 1170 g/mol. The van der Waals surface area contributed by atoms with Gasteiger partial charge < -0.3 is 45.1 Å². The molecule has 11 heteroatoms. The molecule has 1 fully saturated rings. The molecule has 8 atom stereocenters. The van der Waals surface area contributed by atoms with Gasteiger partial charge in [-0.1, -0.05) is 287 Å². The van der Waals surface area contributed by atoms with Gasteiger partial charge in [0.05, 0.1) is 25.4 Å². The van der Waals surface area contributed by atoms with E-state index in [1.807, 2.05) is 6.08 Å². The lowest BCUT2D eigenvalue weighted by molar-refractivity contribution is -0.305. The number of esters is 1. The maximum Gasteiger partial charge on any atom is 0.306 e. The predicted molar refractivity (Wildman–Crippen MR) is 347 cm³/mol. The van der Waals surface area contributed by atoms with Crippen LogP contribution in [-0.4, -0.2) is 99.6 Å². The van der Waals surface area contributed by atoms with Crippen LogP contribution in [0.25, 0.3) is 0 Å². The highest BCUT2D eigenvalue weighted by Crippen LogP contribution is 2.26. The number of amides is 1. The normalized spacial score (nSPS) is 18.9. The number of aliphatic hydroxyl groups excluding tert-OH is 5. The Morgan fingerprint density at radius 2 is 0.831 bits per heavy atom. The number of hydrogen-bond donors (Lipinski definition) is 6. The van der Waals surface area contributed by atoms with Gasteiger partial charge in [-0.15, -0.1) is 0 Å². The van der Waals surface area contributed by atoms with E-state index in [0.29, 0.717) is 12.8 Å². The molecule has 0 spiro atoms. The smallest absolute Gasteiger partial charge is 0.306 e. The number of carbonyl (C=O) groups is 2. The number of hydrogen-bond acceptors (Lipinski definition) is 10. The molecule has 0 aromatic carbocycles. The summed E-state index contributed by atoms with van der Waals surface area (Å²) in [5.74, 6) is -1.19. The molecule has 0 saturated carbocycles. The third kappa shape index (κ3) is 47.2. The third-order valence-corrected chi connectivity index (χ3v) is 16.4. The quantitative estimate of drug-likeness (QED) is 0.0195. The van der Waals surface area contributed by atoms with E-state index in [4.69, 9.17) is 14.2 Å². The van der Waals surface area contributed by atoms with Gasteiger partial charge >= 0.3 is 5.97 Å². The van der Waals surface area contributed by atoms with Crippen molar-refractivity contribution in [2.24, 2.45) is 0 Å². The van der Waals surface area contributed by atoms with Crippen LogP contribution in [0.1, 0.15) is 323 Å². The van der Waals surface area contributed by atoms with Crippen LogP contribution in [0.3, 0.4) is 0 Å². The van der Waals surface area contributed by atoms with Gasteiger partial charge in [-0.25, -0.2) is 0 Å². The number of unbranched alkanes of at least 4 members (excludes halogenated alkanes) is 38. The highest BCUT2D eigenvalue weighted by Gasteiger charge is 2.47. The number of carbonyl (C=O) groups excluding carboxylic acids is 2. The second-order valence-electron chi connectivity index (χ2n) is 24.3. The van der Waals surface area contributed by atoms with Crippen molar-refractivity contribution >= 4 is 11.9 Å². The summed E-state index contributed by atoms with van der Waals surface area (Å²) >= 11 is 0. The van der Waals surface area contributed by atoms with E-state index in [9.17, 15) is 35.1 Å². The average molecular weight is 1170 g/mol. The Balaban J connectivity index is 2.60. The lowest BCUT2D eigenvalue weighted by atomic mass is 9.99. The molecule has 1 saturated heterocycles. The van der Waals surface area contributed by atoms with Gasteiger partial charge in [0.1, 0.15) is 24.4 Å². The molecule has 1 amide bonds. The van der Waals surface area contributed by atoms with Crippen LogP contribution in [0.5, 0.6) is 0 Å². The molecule has 83 heavy (non-hydrogen) atoms. The zero-order chi connectivity index (χ0) is 60.3. The van der Waals surface area contributed by atoms with Crippen molar-refractivity contribution in [2.45, 2.75) is 372 Å². The Morgan fingerprint density at radius 1 is 0.470 bits per heavy atom. The Hall–Kier alpha value is -2.64. The topological polar surface area (TPSA) is 175 Å². The first-order valence-corrected chi connectivity index (χ1v) is 35.1. The first kappa shape index (κ1) is 78.4. The van der Waals surface area contributed by atoms with Crippen LogP contribution >= 0.6 is 0 Å². The van der Waals surface area contributed by atoms with Crippen molar-refractivity contribution in [3.8, 4) is 0 Å². The lowest BCUT2D eigenvalue weighted by Crippen LogP contribution is -2.61. The molecule has 0 radical (unpaired) electrons. The molecule has 0 bridgehead atoms. The van der Waals surface area contributed by atoms with Gasteiger partial charge in [-0.05, 0) is 89.9 Å². The fourth-order valence-corrected chi connectivity index (χ4v) is 10.8. The van der Waals surface area contributed by atoms with Crippen LogP contribution in [0, 0.1) is 0 Å². The Bertz CT molecular complexity index is 1580. The molecule has 0 aliphatic carbocycles. The molecule has 1 aliphatic heterocycles. The standard InChI is InChI=1S/C72H131NO10/c1-4-7-10-13-16-19-22-25-27-29-30-31-32-33-34-35-37-38-41-44-47-50-53-56-59-65(76)71(80)73-63(64(75)58-55-52-49-46-43-40-24-21-18-15-12-9-6-3)62-81-72-70(69(79)68(78)66(61-74)82-72)83-67(77)60-57-54-51-48-45-42-39-36-28-26-23-20-17-14-11-8-5-2/h16,19,25-28,30-31,55,58,63-66,68-70,72,74-76,78-79H,4-15,17-18,20-24,29,32-54,56-57,59-62H2,1-3H3,(H,73,80)/b19-16-,27-25-,28-26+,31-30-,58-55+. The van der Waals surface area contributed by atoms with Gasteiger partial charge in [-0.2, -0.15) is 0 Å². The number of nitrogens with one attached hydrogen (secondary N) is 1. The molecule has 1 aliphatic rings. The SMILES string of the molecule is CCCCC/C=C\C/C=C\C/C=C\CCCCCCCCCCCCCC(O)C(=O)NC(COC1OC(CO)C(O)C(O)C1OC(=O)CCCCCCCCC/C=C/CCCCCCCC)C(O)/C=C/CCCCCCCCCCCCC. The van der Waals surface area contributed by atoms with Crippen LogP contribution in [0.2, 0.25) is 0 Å². The van der Waals surface area contributed by atoms with E-state index in [0.717, 1.165) is 89.9 Å². The van der Waals surface area contributed by atoms with E-state index in [-0.39, 0.29) is 19.4 Å². The second-order valence-corrected chi connectivity index (χ2v) is 24.3. The first-order chi connectivity index (χ1) is 40.7. The van der Waals surface area contributed by atoms with E-state index in [2.05, 4.69) is 74.7 Å². The molecule has 8 unspecified atom stereocenters. The van der Waals surface area contributed by atoms with E-state index >= 15 is 0 Å². The summed E-state index contributed by atoms with van der Waals surface area (Å²) in [5, 5.41) is 57.2. The van der Waals surface area contributed by atoms with Gasteiger partial charge in [0, 0.05) is 6.42 Å². The highest BCUT2D eigenvalue weighted by atomic mass is 16.7. The van der Waals surface area contributed by atoms with Gasteiger partial charge in [0.25, 0.3) is 0 Å². The molecular formula is C72H131NO10. The number of rotatable bonds is 60. The van der Waals surface area contributed by atoms with Crippen molar-refractivity contribution in [3.63, 3.8) is 0 Å².